The Morgan fingerprint density at radius 1 is 0.826 bits per heavy atom. The van der Waals surface area contributed by atoms with Crippen LogP contribution >= 0.6 is 35.7 Å². The molecule has 1 aliphatic heterocycles. The lowest BCUT2D eigenvalue weighted by Gasteiger charge is -2.04. The van der Waals surface area contributed by atoms with E-state index in [-0.39, 0.29) is 4.71 Å². The molecule has 0 aromatic carbocycles. The van der Waals surface area contributed by atoms with Crippen molar-refractivity contribution in [2.24, 2.45) is 10.2 Å². The molecule has 1 heterocycles. The molecular weight excluding hydrogens is 340 g/mol. The first-order valence-corrected chi connectivity index (χ1v) is 11.9. The fourth-order valence-electron chi connectivity index (χ4n) is 2.78. The zero-order valence-electron chi connectivity index (χ0n) is 14.8. The average Bonchev–Trinajstić information content (AvgIpc) is 2.96. The SMILES string of the molecule is CCCCCCCCCCCCCCCCS[C@@H]1N=NC(=S)S1. The molecule has 1 aliphatic rings. The van der Waals surface area contributed by atoms with Gasteiger partial charge in [-0.2, -0.15) is 5.11 Å². The van der Waals surface area contributed by atoms with Crippen molar-refractivity contribution in [3.05, 3.63) is 0 Å². The van der Waals surface area contributed by atoms with Gasteiger partial charge in [0.25, 0.3) is 0 Å². The molecule has 0 bridgehead atoms. The summed E-state index contributed by atoms with van der Waals surface area (Å²) in [7, 11) is 0. The number of azo groups is 1. The van der Waals surface area contributed by atoms with Crippen molar-refractivity contribution in [3.63, 3.8) is 0 Å². The number of nitrogens with zero attached hydrogens (tertiary/aromatic N) is 2. The van der Waals surface area contributed by atoms with Crippen LogP contribution < -0.4 is 0 Å². The molecule has 0 saturated heterocycles. The van der Waals surface area contributed by atoms with E-state index >= 15 is 0 Å². The summed E-state index contributed by atoms with van der Waals surface area (Å²) in [6, 6.07) is 0. The first kappa shape index (κ1) is 21.4. The van der Waals surface area contributed by atoms with E-state index in [1.807, 2.05) is 11.8 Å². The second kappa shape index (κ2) is 15.9. The van der Waals surface area contributed by atoms with E-state index in [4.69, 9.17) is 12.2 Å². The molecule has 134 valence electrons. The summed E-state index contributed by atoms with van der Waals surface area (Å²) in [5.41, 5.74) is 0. The van der Waals surface area contributed by atoms with Crippen LogP contribution in [0.25, 0.3) is 0 Å². The Morgan fingerprint density at radius 2 is 1.30 bits per heavy atom. The quantitative estimate of drug-likeness (QED) is 0.202. The highest BCUT2D eigenvalue weighted by atomic mass is 32.2. The highest BCUT2D eigenvalue weighted by Crippen LogP contribution is 2.32. The van der Waals surface area contributed by atoms with Crippen LogP contribution in [0.2, 0.25) is 0 Å². The third-order valence-electron chi connectivity index (χ3n) is 4.19. The van der Waals surface area contributed by atoms with Crippen LogP contribution in [-0.2, 0) is 0 Å². The molecule has 0 aromatic heterocycles. The Kier molecular flexibility index (Phi) is 14.8. The molecule has 5 heteroatoms. The van der Waals surface area contributed by atoms with Crippen molar-refractivity contribution in [1.82, 2.24) is 0 Å². The second-order valence-electron chi connectivity index (χ2n) is 6.37. The van der Waals surface area contributed by atoms with Gasteiger partial charge in [0.05, 0.1) is 0 Å². The standard InChI is InChI=1S/C18H34N2S3/c1-2-3-4-5-6-7-8-9-10-11-12-13-14-15-16-22-18-20-19-17(21)23-18/h18H,2-16H2,1H3/t18-/m0/s1. The second-order valence-corrected chi connectivity index (χ2v) is 9.57. The van der Waals surface area contributed by atoms with E-state index in [1.165, 1.54) is 95.6 Å². The molecule has 1 atom stereocenters. The monoisotopic (exact) mass is 374 g/mol. The van der Waals surface area contributed by atoms with Crippen LogP contribution in [0.4, 0.5) is 0 Å². The van der Waals surface area contributed by atoms with Gasteiger partial charge in [-0.1, -0.05) is 102 Å². The van der Waals surface area contributed by atoms with Gasteiger partial charge in [-0.25, -0.2) is 0 Å². The summed E-state index contributed by atoms with van der Waals surface area (Å²) in [6.45, 7) is 2.29. The van der Waals surface area contributed by atoms with Crippen molar-refractivity contribution in [2.45, 2.75) is 102 Å². The molecule has 1 rings (SSSR count). The Morgan fingerprint density at radius 3 is 1.74 bits per heavy atom. The molecule has 23 heavy (non-hydrogen) atoms. The van der Waals surface area contributed by atoms with Gasteiger partial charge in [0.15, 0.2) is 9.03 Å². The van der Waals surface area contributed by atoms with Gasteiger partial charge in [-0.15, -0.1) is 16.9 Å². The molecule has 0 spiro atoms. The largest absolute Gasteiger partial charge is 0.184 e. The number of hydrogen-bond acceptors (Lipinski definition) is 4. The molecule has 0 aliphatic carbocycles. The van der Waals surface area contributed by atoms with Crippen molar-refractivity contribution in [3.8, 4) is 0 Å². The summed E-state index contributed by atoms with van der Waals surface area (Å²) in [5.74, 6) is 1.19. The number of rotatable bonds is 16. The molecule has 0 unspecified atom stereocenters. The van der Waals surface area contributed by atoms with Gasteiger partial charge >= 0.3 is 0 Å². The third-order valence-corrected chi connectivity index (χ3v) is 6.74. The van der Waals surface area contributed by atoms with E-state index in [0.717, 1.165) is 0 Å². The van der Waals surface area contributed by atoms with Crippen LogP contribution in [0.5, 0.6) is 0 Å². The maximum atomic E-state index is 5.00. The summed E-state index contributed by atoms with van der Waals surface area (Å²) >= 11 is 8.50. The molecule has 0 aromatic rings. The highest BCUT2D eigenvalue weighted by Gasteiger charge is 2.16. The predicted octanol–water partition coefficient (Wildman–Crippen LogP) is 7.97. The zero-order valence-corrected chi connectivity index (χ0v) is 17.3. The van der Waals surface area contributed by atoms with Gasteiger partial charge in [0.1, 0.15) is 0 Å². The topological polar surface area (TPSA) is 24.7 Å². The van der Waals surface area contributed by atoms with Crippen LogP contribution in [-0.4, -0.2) is 14.8 Å². The number of unbranched alkanes of at least 4 members (excludes halogenated alkanes) is 13. The lowest BCUT2D eigenvalue weighted by molar-refractivity contribution is 0.538. The van der Waals surface area contributed by atoms with Gasteiger partial charge < -0.3 is 0 Å². The predicted molar refractivity (Wildman–Crippen MR) is 112 cm³/mol. The van der Waals surface area contributed by atoms with Gasteiger partial charge in [-0.3, -0.25) is 0 Å². The lowest BCUT2D eigenvalue weighted by atomic mass is 10.0. The van der Waals surface area contributed by atoms with Gasteiger partial charge in [-0.05, 0) is 24.4 Å². The smallest absolute Gasteiger partial charge is 0.161 e. The Balaban J connectivity index is 1.69. The van der Waals surface area contributed by atoms with Crippen LogP contribution in [0.15, 0.2) is 10.2 Å². The fraction of sp³-hybridized carbons (Fsp3) is 0.944. The van der Waals surface area contributed by atoms with Crippen LogP contribution in [0, 0.1) is 0 Å². The first-order chi connectivity index (χ1) is 11.3. The summed E-state index contributed by atoms with van der Waals surface area (Å²) in [5, 5.41) is 8.03. The Hall–Kier alpha value is 0.390. The van der Waals surface area contributed by atoms with Crippen molar-refractivity contribution in [1.29, 1.82) is 0 Å². The minimum absolute atomic E-state index is 0.240. The minimum atomic E-state index is 0.240. The first-order valence-electron chi connectivity index (χ1n) is 9.56. The summed E-state index contributed by atoms with van der Waals surface area (Å²) in [6.07, 6.45) is 19.9. The molecule has 2 nitrogen and oxygen atoms in total. The van der Waals surface area contributed by atoms with Gasteiger partial charge in [0.2, 0.25) is 0 Å². The van der Waals surface area contributed by atoms with E-state index in [0.29, 0.717) is 4.32 Å². The zero-order chi connectivity index (χ0) is 16.6. The van der Waals surface area contributed by atoms with E-state index in [2.05, 4.69) is 17.2 Å². The maximum absolute atomic E-state index is 5.00. The fourth-order valence-corrected chi connectivity index (χ4v) is 5.16. The Labute approximate surface area is 157 Å². The third kappa shape index (κ3) is 13.4. The van der Waals surface area contributed by atoms with Crippen LogP contribution in [0.1, 0.15) is 96.8 Å². The van der Waals surface area contributed by atoms with Crippen molar-refractivity contribution >= 4 is 40.1 Å². The van der Waals surface area contributed by atoms with E-state index in [9.17, 15) is 0 Å². The van der Waals surface area contributed by atoms with Crippen molar-refractivity contribution in [2.75, 3.05) is 5.75 Å². The van der Waals surface area contributed by atoms with Crippen LogP contribution in [0.3, 0.4) is 0 Å². The Bertz CT molecular complexity index is 321. The number of thiocarbonyl (C=S) groups is 1. The molecule has 0 radical (unpaired) electrons. The highest BCUT2D eigenvalue weighted by molar-refractivity contribution is 8.30. The lowest BCUT2D eigenvalue weighted by Crippen LogP contribution is -1.91. The minimum Gasteiger partial charge on any atom is -0.161 e. The average molecular weight is 375 g/mol. The molecule has 0 amide bonds. The molecular formula is C18H34N2S3. The number of thioether (sulfide) groups is 2. The summed E-state index contributed by atoms with van der Waals surface area (Å²) < 4.78 is 0.938. The maximum Gasteiger partial charge on any atom is 0.184 e. The summed E-state index contributed by atoms with van der Waals surface area (Å²) in [4.78, 5) is 0. The van der Waals surface area contributed by atoms with Crippen molar-refractivity contribution < 1.29 is 0 Å². The van der Waals surface area contributed by atoms with E-state index in [1.54, 1.807) is 11.8 Å². The normalized spacial score (nSPS) is 17.3. The van der Waals surface area contributed by atoms with Gasteiger partial charge in [0, 0.05) is 0 Å². The molecule has 0 N–H and O–H groups in total. The number of hydrogen-bond donors (Lipinski definition) is 0. The molecule has 0 saturated carbocycles. The molecule has 0 fully saturated rings. The van der Waals surface area contributed by atoms with E-state index < -0.39 is 0 Å².